The monoisotopic (exact) mass is 289 g/mol. The predicted molar refractivity (Wildman–Crippen MR) is 84.9 cm³/mol. The van der Waals surface area contributed by atoms with Crippen molar-refractivity contribution < 1.29 is 9.47 Å². The molecule has 0 radical (unpaired) electrons. The lowest BCUT2D eigenvalue weighted by Crippen LogP contribution is -2.17. The van der Waals surface area contributed by atoms with E-state index in [-0.39, 0.29) is 5.41 Å². The molecular formula is C16H23N3O2. The summed E-state index contributed by atoms with van der Waals surface area (Å²) in [6.07, 6.45) is 0. The van der Waals surface area contributed by atoms with E-state index in [0.29, 0.717) is 17.3 Å². The lowest BCUT2D eigenvalue weighted by molar-refractivity contribution is 0.355. The third-order valence-electron chi connectivity index (χ3n) is 3.47. The van der Waals surface area contributed by atoms with Gasteiger partial charge in [0.2, 0.25) is 0 Å². The van der Waals surface area contributed by atoms with Crippen LogP contribution >= 0.6 is 0 Å². The van der Waals surface area contributed by atoms with Crippen molar-refractivity contribution >= 4 is 5.82 Å². The van der Waals surface area contributed by atoms with Crippen molar-refractivity contribution in [2.75, 3.05) is 20.0 Å². The van der Waals surface area contributed by atoms with Crippen molar-refractivity contribution in [3.63, 3.8) is 0 Å². The summed E-state index contributed by atoms with van der Waals surface area (Å²) >= 11 is 0. The molecule has 0 aliphatic carbocycles. The first-order chi connectivity index (χ1) is 9.79. The van der Waals surface area contributed by atoms with Crippen LogP contribution in [0.3, 0.4) is 0 Å². The summed E-state index contributed by atoms with van der Waals surface area (Å²) in [5.74, 6) is 2.95. The number of ether oxygens (including phenoxy) is 2. The molecule has 0 bridgehead atoms. The van der Waals surface area contributed by atoms with Gasteiger partial charge in [0, 0.05) is 18.0 Å². The van der Waals surface area contributed by atoms with Crippen LogP contribution in [0.4, 0.5) is 5.82 Å². The van der Waals surface area contributed by atoms with Crippen molar-refractivity contribution in [3.8, 4) is 22.8 Å². The van der Waals surface area contributed by atoms with Gasteiger partial charge in [-0.25, -0.2) is 4.98 Å². The Morgan fingerprint density at radius 1 is 1.10 bits per heavy atom. The first-order valence-corrected chi connectivity index (χ1v) is 6.84. The highest BCUT2D eigenvalue weighted by atomic mass is 16.5. The third kappa shape index (κ3) is 2.68. The first-order valence-electron chi connectivity index (χ1n) is 6.84. The van der Waals surface area contributed by atoms with Crippen LogP contribution < -0.4 is 15.2 Å². The van der Waals surface area contributed by atoms with E-state index < -0.39 is 0 Å². The highest BCUT2D eigenvalue weighted by Crippen LogP contribution is 2.35. The van der Waals surface area contributed by atoms with E-state index in [1.165, 1.54) is 0 Å². The smallest absolute Gasteiger partial charge is 0.161 e. The van der Waals surface area contributed by atoms with Gasteiger partial charge in [-0.15, -0.1) is 0 Å². The fraction of sp³-hybridized carbons (Fsp3) is 0.438. The summed E-state index contributed by atoms with van der Waals surface area (Å²) in [5.41, 5.74) is 7.83. The van der Waals surface area contributed by atoms with E-state index in [1.54, 1.807) is 14.2 Å². The van der Waals surface area contributed by atoms with Gasteiger partial charge in [0.25, 0.3) is 0 Å². The number of hydrogen-bond donors (Lipinski definition) is 1. The van der Waals surface area contributed by atoms with Crippen LogP contribution in [0.5, 0.6) is 11.5 Å². The summed E-state index contributed by atoms with van der Waals surface area (Å²) in [5, 5.41) is 0. The topological polar surface area (TPSA) is 62.3 Å². The van der Waals surface area contributed by atoms with Crippen LogP contribution in [0.1, 0.15) is 26.6 Å². The van der Waals surface area contributed by atoms with Crippen LogP contribution in [0.25, 0.3) is 11.3 Å². The molecule has 114 valence electrons. The maximum atomic E-state index is 6.22. The SMILES string of the molecule is COc1ccc(-c2nc(C(C)(C)C)n(C)c2N)cc1OC. The van der Waals surface area contributed by atoms with E-state index in [1.807, 2.05) is 29.8 Å². The highest BCUT2D eigenvalue weighted by Gasteiger charge is 2.24. The van der Waals surface area contributed by atoms with E-state index in [9.17, 15) is 0 Å². The maximum absolute atomic E-state index is 6.22. The predicted octanol–water partition coefficient (Wildman–Crippen LogP) is 2.98. The minimum absolute atomic E-state index is 0.0717. The zero-order valence-corrected chi connectivity index (χ0v) is 13.5. The number of aromatic nitrogens is 2. The minimum Gasteiger partial charge on any atom is -0.493 e. The van der Waals surface area contributed by atoms with Crippen LogP contribution in [0.15, 0.2) is 18.2 Å². The number of imidazole rings is 1. The lowest BCUT2D eigenvalue weighted by Gasteiger charge is -2.17. The highest BCUT2D eigenvalue weighted by molar-refractivity contribution is 5.73. The van der Waals surface area contributed by atoms with Gasteiger partial charge in [-0.2, -0.15) is 0 Å². The largest absolute Gasteiger partial charge is 0.493 e. The molecule has 1 aromatic carbocycles. The van der Waals surface area contributed by atoms with Crippen molar-refractivity contribution in [1.82, 2.24) is 9.55 Å². The molecule has 1 aromatic heterocycles. The Hall–Kier alpha value is -2.17. The van der Waals surface area contributed by atoms with Gasteiger partial charge in [-0.05, 0) is 18.2 Å². The number of nitrogens with two attached hydrogens (primary N) is 1. The van der Waals surface area contributed by atoms with Gasteiger partial charge in [0.15, 0.2) is 11.5 Å². The average molecular weight is 289 g/mol. The van der Waals surface area contributed by atoms with Crippen LogP contribution in [0, 0.1) is 0 Å². The minimum atomic E-state index is -0.0717. The maximum Gasteiger partial charge on any atom is 0.161 e. The molecule has 0 unspecified atom stereocenters. The molecule has 5 nitrogen and oxygen atoms in total. The zero-order chi connectivity index (χ0) is 15.8. The molecule has 0 aliphatic heterocycles. The summed E-state index contributed by atoms with van der Waals surface area (Å²) in [6, 6.07) is 5.69. The molecule has 2 rings (SSSR count). The van der Waals surface area contributed by atoms with Gasteiger partial charge in [-0.3, -0.25) is 0 Å². The number of nitrogens with zero attached hydrogens (tertiary/aromatic N) is 2. The molecule has 0 saturated carbocycles. The third-order valence-corrected chi connectivity index (χ3v) is 3.47. The van der Waals surface area contributed by atoms with Crippen molar-refractivity contribution in [3.05, 3.63) is 24.0 Å². The second-order valence-electron chi connectivity index (χ2n) is 6.05. The fourth-order valence-electron chi connectivity index (χ4n) is 2.38. The Bertz CT molecular complexity index is 654. The summed E-state index contributed by atoms with van der Waals surface area (Å²) in [7, 11) is 5.17. The lowest BCUT2D eigenvalue weighted by atomic mass is 9.96. The standard InChI is InChI=1S/C16H23N3O2/c1-16(2,3)15-18-13(14(17)19(15)4)10-7-8-11(20-5)12(9-10)21-6/h7-9H,17H2,1-6H3. The molecule has 2 aromatic rings. The molecule has 1 heterocycles. The molecule has 0 amide bonds. The normalized spacial score (nSPS) is 11.5. The Balaban J connectivity index is 2.58. The van der Waals surface area contributed by atoms with E-state index in [0.717, 1.165) is 17.1 Å². The molecule has 5 heteroatoms. The van der Waals surface area contributed by atoms with E-state index in [4.69, 9.17) is 20.2 Å². The molecule has 0 saturated heterocycles. The number of anilines is 1. The quantitative estimate of drug-likeness (QED) is 0.943. The van der Waals surface area contributed by atoms with Crippen LogP contribution in [-0.2, 0) is 12.5 Å². The summed E-state index contributed by atoms with van der Waals surface area (Å²) in [4.78, 5) is 4.72. The fourth-order valence-corrected chi connectivity index (χ4v) is 2.38. The molecule has 0 spiro atoms. The Labute approximate surface area is 125 Å². The number of benzene rings is 1. The number of hydrogen-bond acceptors (Lipinski definition) is 4. The average Bonchev–Trinajstić information content (AvgIpc) is 2.74. The van der Waals surface area contributed by atoms with E-state index in [2.05, 4.69) is 20.8 Å². The Morgan fingerprint density at radius 3 is 2.19 bits per heavy atom. The Morgan fingerprint density at radius 2 is 1.71 bits per heavy atom. The molecular weight excluding hydrogens is 266 g/mol. The molecule has 0 atom stereocenters. The molecule has 0 aliphatic rings. The van der Waals surface area contributed by atoms with Gasteiger partial charge >= 0.3 is 0 Å². The van der Waals surface area contributed by atoms with Crippen molar-refractivity contribution in [1.29, 1.82) is 0 Å². The van der Waals surface area contributed by atoms with Gasteiger partial charge in [0.05, 0.1) is 14.2 Å². The number of methoxy groups -OCH3 is 2. The van der Waals surface area contributed by atoms with Crippen LogP contribution in [0.2, 0.25) is 0 Å². The second kappa shape index (κ2) is 5.31. The summed E-state index contributed by atoms with van der Waals surface area (Å²) < 4.78 is 12.5. The Kier molecular flexibility index (Phi) is 3.85. The molecule has 21 heavy (non-hydrogen) atoms. The van der Waals surface area contributed by atoms with Crippen LogP contribution in [-0.4, -0.2) is 23.8 Å². The van der Waals surface area contributed by atoms with Gasteiger partial charge in [-0.1, -0.05) is 20.8 Å². The van der Waals surface area contributed by atoms with Gasteiger partial charge < -0.3 is 19.8 Å². The van der Waals surface area contributed by atoms with Crippen molar-refractivity contribution in [2.24, 2.45) is 7.05 Å². The number of rotatable bonds is 3. The van der Waals surface area contributed by atoms with Crippen molar-refractivity contribution in [2.45, 2.75) is 26.2 Å². The zero-order valence-electron chi connectivity index (χ0n) is 13.5. The number of nitrogen functional groups attached to an aromatic ring is 1. The summed E-state index contributed by atoms with van der Waals surface area (Å²) in [6.45, 7) is 6.35. The molecule has 0 fully saturated rings. The molecule has 2 N–H and O–H groups in total. The van der Waals surface area contributed by atoms with E-state index >= 15 is 0 Å². The first kappa shape index (κ1) is 15.2. The second-order valence-corrected chi connectivity index (χ2v) is 6.05. The van der Waals surface area contributed by atoms with Gasteiger partial charge in [0.1, 0.15) is 17.3 Å².